The summed E-state index contributed by atoms with van der Waals surface area (Å²) in [4.78, 5) is 0. The van der Waals surface area contributed by atoms with Gasteiger partial charge < -0.3 is 10.1 Å². The second-order valence-electron chi connectivity index (χ2n) is 4.22. The first-order valence-corrected chi connectivity index (χ1v) is 6.97. The van der Waals surface area contributed by atoms with E-state index in [-0.39, 0.29) is 5.02 Å². The first-order chi connectivity index (χ1) is 9.60. The molecule has 0 fully saturated rings. The molecule has 0 saturated heterocycles. The number of halogens is 3. The average Bonchev–Trinajstić information content (AvgIpc) is 2.43. The van der Waals surface area contributed by atoms with Gasteiger partial charge in [0.25, 0.3) is 0 Å². The largest absolute Gasteiger partial charge is 0.456 e. The summed E-state index contributed by atoms with van der Waals surface area (Å²) in [7, 11) is 0. The van der Waals surface area contributed by atoms with Crippen molar-refractivity contribution < 1.29 is 9.13 Å². The molecule has 0 unspecified atom stereocenters. The molecule has 0 aliphatic rings. The van der Waals surface area contributed by atoms with Crippen LogP contribution in [0.1, 0.15) is 12.5 Å². The number of hydrogen-bond acceptors (Lipinski definition) is 2. The van der Waals surface area contributed by atoms with Crippen molar-refractivity contribution in [2.45, 2.75) is 13.5 Å². The lowest BCUT2D eigenvalue weighted by molar-refractivity contribution is 0.480. The Morgan fingerprint density at radius 3 is 2.55 bits per heavy atom. The highest BCUT2D eigenvalue weighted by Crippen LogP contribution is 2.31. The predicted octanol–water partition coefficient (Wildman–Crippen LogP) is 5.03. The molecule has 0 aromatic heterocycles. The molecule has 106 valence electrons. The van der Waals surface area contributed by atoms with Gasteiger partial charge in [-0.05, 0) is 36.4 Å². The molecular formula is C15H14Cl2FNO. The van der Waals surface area contributed by atoms with Gasteiger partial charge in [-0.15, -0.1) is 0 Å². The summed E-state index contributed by atoms with van der Waals surface area (Å²) in [6, 6.07) is 9.72. The molecule has 0 heterocycles. The van der Waals surface area contributed by atoms with Gasteiger partial charge in [0.15, 0.2) is 0 Å². The van der Waals surface area contributed by atoms with E-state index >= 15 is 0 Å². The van der Waals surface area contributed by atoms with Crippen LogP contribution in [0.2, 0.25) is 10.0 Å². The van der Waals surface area contributed by atoms with Crippen LogP contribution in [0.15, 0.2) is 36.4 Å². The maximum Gasteiger partial charge on any atom is 0.146 e. The zero-order chi connectivity index (χ0) is 14.5. The quantitative estimate of drug-likeness (QED) is 0.835. The summed E-state index contributed by atoms with van der Waals surface area (Å²) >= 11 is 11.9. The van der Waals surface area contributed by atoms with E-state index in [1.807, 2.05) is 19.1 Å². The Bertz CT molecular complexity index is 604. The second-order valence-corrected chi connectivity index (χ2v) is 5.04. The maximum atomic E-state index is 13.1. The highest BCUT2D eigenvalue weighted by Gasteiger charge is 2.07. The summed E-state index contributed by atoms with van der Waals surface area (Å²) in [6.45, 7) is 3.68. The molecule has 0 spiro atoms. The molecule has 20 heavy (non-hydrogen) atoms. The van der Waals surface area contributed by atoms with Crippen LogP contribution in [0.3, 0.4) is 0 Å². The van der Waals surface area contributed by atoms with Gasteiger partial charge in [-0.25, -0.2) is 4.39 Å². The Morgan fingerprint density at radius 1 is 1.10 bits per heavy atom. The van der Waals surface area contributed by atoms with E-state index < -0.39 is 5.82 Å². The van der Waals surface area contributed by atoms with Gasteiger partial charge in [-0.3, -0.25) is 0 Å². The third kappa shape index (κ3) is 3.85. The van der Waals surface area contributed by atoms with Gasteiger partial charge in [-0.2, -0.15) is 0 Å². The fourth-order valence-electron chi connectivity index (χ4n) is 1.67. The van der Waals surface area contributed by atoms with Gasteiger partial charge in [-0.1, -0.05) is 36.2 Å². The zero-order valence-electron chi connectivity index (χ0n) is 10.9. The number of rotatable bonds is 5. The van der Waals surface area contributed by atoms with E-state index in [1.165, 1.54) is 18.2 Å². The molecule has 0 aliphatic heterocycles. The fraction of sp³-hybridized carbons (Fsp3) is 0.200. The number of benzene rings is 2. The lowest BCUT2D eigenvalue weighted by Crippen LogP contribution is -2.11. The zero-order valence-corrected chi connectivity index (χ0v) is 12.4. The molecule has 5 heteroatoms. The molecule has 2 aromatic rings. The molecule has 2 rings (SSSR count). The Morgan fingerprint density at radius 2 is 1.90 bits per heavy atom. The van der Waals surface area contributed by atoms with Crippen LogP contribution in [0.25, 0.3) is 0 Å². The predicted molar refractivity (Wildman–Crippen MR) is 80.3 cm³/mol. The topological polar surface area (TPSA) is 21.3 Å². The minimum absolute atomic E-state index is 0.0161. The molecule has 0 bridgehead atoms. The summed E-state index contributed by atoms with van der Waals surface area (Å²) in [5.74, 6) is 0.471. The third-order valence-electron chi connectivity index (χ3n) is 2.69. The van der Waals surface area contributed by atoms with Crippen molar-refractivity contribution in [1.29, 1.82) is 0 Å². The van der Waals surface area contributed by atoms with Crippen molar-refractivity contribution in [2.75, 3.05) is 6.54 Å². The first-order valence-electron chi connectivity index (χ1n) is 6.22. The van der Waals surface area contributed by atoms with Gasteiger partial charge in [0.05, 0.1) is 10.0 Å². The van der Waals surface area contributed by atoms with Crippen molar-refractivity contribution in [3.05, 3.63) is 57.8 Å². The number of ether oxygens (including phenoxy) is 1. The van der Waals surface area contributed by atoms with Crippen LogP contribution >= 0.6 is 23.2 Å². The van der Waals surface area contributed by atoms with Crippen molar-refractivity contribution in [3.8, 4) is 11.5 Å². The molecular weight excluding hydrogens is 300 g/mol. The molecule has 2 aromatic carbocycles. The van der Waals surface area contributed by atoms with Crippen LogP contribution in [-0.4, -0.2) is 6.54 Å². The van der Waals surface area contributed by atoms with Crippen LogP contribution in [-0.2, 0) is 6.54 Å². The summed E-state index contributed by atoms with van der Waals surface area (Å²) in [5, 5.41) is 3.73. The van der Waals surface area contributed by atoms with E-state index in [0.717, 1.165) is 18.7 Å². The second kappa shape index (κ2) is 6.93. The van der Waals surface area contributed by atoms with Crippen LogP contribution in [0.4, 0.5) is 4.39 Å². The first kappa shape index (κ1) is 15.1. The highest BCUT2D eigenvalue weighted by molar-refractivity contribution is 6.32. The maximum absolute atomic E-state index is 13.1. The molecule has 2 nitrogen and oxygen atoms in total. The Labute approximate surface area is 127 Å². The average molecular weight is 314 g/mol. The summed E-state index contributed by atoms with van der Waals surface area (Å²) < 4.78 is 18.7. The van der Waals surface area contributed by atoms with Gasteiger partial charge in [0.2, 0.25) is 0 Å². The molecule has 0 amide bonds. The minimum Gasteiger partial charge on any atom is -0.456 e. The van der Waals surface area contributed by atoms with Crippen LogP contribution in [0, 0.1) is 5.82 Å². The standard InChI is InChI=1S/C15H14Cl2FNO/c1-2-19-9-10-3-6-15(13(17)7-10)20-11-4-5-14(18)12(16)8-11/h3-8,19H,2,9H2,1H3. The molecule has 0 aliphatic carbocycles. The Balaban J connectivity index is 2.14. The van der Waals surface area contributed by atoms with E-state index in [0.29, 0.717) is 16.5 Å². The Kier molecular flexibility index (Phi) is 5.24. The van der Waals surface area contributed by atoms with Crippen molar-refractivity contribution in [2.24, 2.45) is 0 Å². The van der Waals surface area contributed by atoms with E-state index in [9.17, 15) is 4.39 Å². The van der Waals surface area contributed by atoms with Crippen LogP contribution < -0.4 is 10.1 Å². The normalized spacial score (nSPS) is 10.6. The van der Waals surface area contributed by atoms with Crippen molar-refractivity contribution >= 4 is 23.2 Å². The molecule has 0 saturated carbocycles. The SMILES string of the molecule is CCNCc1ccc(Oc2ccc(F)c(Cl)c2)c(Cl)c1. The van der Waals surface area contributed by atoms with E-state index in [1.54, 1.807) is 6.07 Å². The highest BCUT2D eigenvalue weighted by atomic mass is 35.5. The van der Waals surface area contributed by atoms with Crippen LogP contribution in [0.5, 0.6) is 11.5 Å². The number of nitrogens with one attached hydrogen (secondary N) is 1. The van der Waals surface area contributed by atoms with Gasteiger partial charge >= 0.3 is 0 Å². The van der Waals surface area contributed by atoms with Gasteiger partial charge in [0, 0.05) is 12.6 Å². The fourth-order valence-corrected chi connectivity index (χ4v) is 2.09. The third-order valence-corrected chi connectivity index (χ3v) is 3.28. The molecule has 1 N–H and O–H groups in total. The summed E-state index contributed by atoms with van der Waals surface area (Å²) in [6.07, 6.45) is 0. The monoisotopic (exact) mass is 313 g/mol. The minimum atomic E-state index is -0.480. The van der Waals surface area contributed by atoms with E-state index in [2.05, 4.69) is 5.32 Å². The summed E-state index contributed by atoms with van der Waals surface area (Å²) in [5.41, 5.74) is 1.07. The van der Waals surface area contributed by atoms with Gasteiger partial charge in [0.1, 0.15) is 17.3 Å². The molecule has 0 atom stereocenters. The van der Waals surface area contributed by atoms with Crippen molar-refractivity contribution in [1.82, 2.24) is 5.32 Å². The molecule has 0 radical (unpaired) electrons. The smallest absolute Gasteiger partial charge is 0.146 e. The lowest BCUT2D eigenvalue weighted by Gasteiger charge is -2.10. The lowest BCUT2D eigenvalue weighted by atomic mass is 10.2. The van der Waals surface area contributed by atoms with E-state index in [4.69, 9.17) is 27.9 Å². The Hall–Kier alpha value is -1.29. The number of hydrogen-bond donors (Lipinski definition) is 1. The van der Waals surface area contributed by atoms with Crippen molar-refractivity contribution in [3.63, 3.8) is 0 Å².